The molecule has 138 valence electrons. The van der Waals surface area contributed by atoms with Crippen LogP contribution < -0.4 is 16.0 Å². The van der Waals surface area contributed by atoms with Crippen LogP contribution in [0, 0.1) is 0 Å². The standard InChI is InChI=1S/C19H16ClN3O4/c1-11(12-6-8-13(20)9-7-12)21-16(24)10-23-18(25)15-5-3-2-4-14(15)17(22-23)19(26)27/h2-9,11H,10H2,1H3,(H,21,24)(H,26,27)/p-1/t11-/m1/s1. The fraction of sp³-hybridized carbons (Fsp3) is 0.158. The fourth-order valence-electron chi connectivity index (χ4n) is 2.75. The number of aromatic nitrogens is 2. The first kappa shape index (κ1) is 18.6. The number of hydrogen-bond acceptors (Lipinski definition) is 5. The first-order chi connectivity index (χ1) is 12.9. The lowest BCUT2D eigenvalue weighted by atomic mass is 10.1. The van der Waals surface area contributed by atoms with E-state index in [-0.39, 0.29) is 22.5 Å². The second kappa shape index (κ2) is 7.59. The number of nitrogens with zero attached hydrogens (tertiary/aromatic N) is 2. The van der Waals surface area contributed by atoms with Gasteiger partial charge in [0.15, 0.2) is 0 Å². The lowest BCUT2D eigenvalue weighted by molar-refractivity contribution is -0.255. The van der Waals surface area contributed by atoms with Gasteiger partial charge < -0.3 is 15.2 Å². The Morgan fingerprint density at radius 2 is 1.78 bits per heavy atom. The molecule has 0 spiro atoms. The number of rotatable bonds is 5. The van der Waals surface area contributed by atoms with Crippen LogP contribution in [0.25, 0.3) is 10.8 Å². The van der Waals surface area contributed by atoms with E-state index in [4.69, 9.17) is 11.6 Å². The van der Waals surface area contributed by atoms with Gasteiger partial charge in [0.25, 0.3) is 5.56 Å². The number of hydrogen-bond donors (Lipinski definition) is 1. The molecule has 8 heteroatoms. The van der Waals surface area contributed by atoms with Crippen LogP contribution in [-0.2, 0) is 11.3 Å². The number of amides is 1. The summed E-state index contributed by atoms with van der Waals surface area (Å²) in [6, 6.07) is 12.8. The second-order valence-electron chi connectivity index (χ2n) is 5.99. The van der Waals surface area contributed by atoms with E-state index in [0.717, 1.165) is 10.2 Å². The van der Waals surface area contributed by atoms with Crippen LogP contribution in [0.2, 0.25) is 5.02 Å². The summed E-state index contributed by atoms with van der Waals surface area (Å²) >= 11 is 5.85. The maximum atomic E-state index is 12.5. The molecule has 0 unspecified atom stereocenters. The highest BCUT2D eigenvalue weighted by Crippen LogP contribution is 2.16. The molecule has 3 rings (SSSR count). The molecular formula is C19H15ClN3O4-. The molecular weight excluding hydrogens is 370 g/mol. The van der Waals surface area contributed by atoms with Crippen molar-refractivity contribution in [2.45, 2.75) is 19.5 Å². The van der Waals surface area contributed by atoms with Crippen LogP contribution in [0.5, 0.6) is 0 Å². The van der Waals surface area contributed by atoms with Crippen molar-refractivity contribution in [1.82, 2.24) is 15.1 Å². The summed E-state index contributed by atoms with van der Waals surface area (Å²) < 4.78 is 0.831. The normalized spacial score (nSPS) is 11.9. The second-order valence-corrected chi connectivity index (χ2v) is 6.42. The Hall–Kier alpha value is -3.19. The third kappa shape index (κ3) is 3.98. The minimum Gasteiger partial charge on any atom is -0.543 e. The predicted molar refractivity (Wildman–Crippen MR) is 98.3 cm³/mol. The Morgan fingerprint density at radius 3 is 2.41 bits per heavy atom. The minimum atomic E-state index is -1.52. The highest BCUT2D eigenvalue weighted by atomic mass is 35.5. The van der Waals surface area contributed by atoms with Gasteiger partial charge in [-0.05, 0) is 30.7 Å². The van der Waals surface area contributed by atoms with Crippen molar-refractivity contribution in [2.24, 2.45) is 0 Å². The molecule has 0 saturated heterocycles. The third-order valence-electron chi connectivity index (χ3n) is 4.10. The van der Waals surface area contributed by atoms with Gasteiger partial charge in [0.05, 0.1) is 17.4 Å². The molecule has 0 aliphatic heterocycles. The number of carbonyl (C=O) groups excluding carboxylic acids is 2. The monoisotopic (exact) mass is 384 g/mol. The Kier molecular flexibility index (Phi) is 5.23. The van der Waals surface area contributed by atoms with Gasteiger partial charge >= 0.3 is 0 Å². The Labute approximate surface area is 159 Å². The third-order valence-corrected chi connectivity index (χ3v) is 4.35. The summed E-state index contributed by atoms with van der Waals surface area (Å²) in [7, 11) is 0. The molecule has 0 aliphatic rings. The zero-order valence-corrected chi connectivity index (χ0v) is 15.1. The summed E-state index contributed by atoms with van der Waals surface area (Å²) in [5, 5.41) is 18.8. The van der Waals surface area contributed by atoms with Crippen molar-refractivity contribution in [3.63, 3.8) is 0 Å². The molecule has 0 bridgehead atoms. The van der Waals surface area contributed by atoms with E-state index in [9.17, 15) is 19.5 Å². The van der Waals surface area contributed by atoms with Gasteiger partial charge in [-0.25, -0.2) is 4.68 Å². The Balaban J connectivity index is 1.86. The van der Waals surface area contributed by atoms with E-state index in [1.54, 1.807) is 43.3 Å². The highest BCUT2D eigenvalue weighted by Gasteiger charge is 2.15. The topological polar surface area (TPSA) is 104 Å². The molecule has 0 fully saturated rings. The number of carbonyl (C=O) groups is 2. The van der Waals surface area contributed by atoms with Crippen molar-refractivity contribution in [3.05, 3.63) is 75.2 Å². The average molecular weight is 385 g/mol. The number of aromatic carboxylic acids is 1. The Morgan fingerprint density at radius 1 is 1.15 bits per heavy atom. The van der Waals surface area contributed by atoms with E-state index < -0.39 is 24.0 Å². The molecule has 1 atom stereocenters. The number of fused-ring (bicyclic) bond motifs is 1. The minimum absolute atomic E-state index is 0.158. The van der Waals surface area contributed by atoms with Crippen molar-refractivity contribution in [1.29, 1.82) is 0 Å². The fourth-order valence-corrected chi connectivity index (χ4v) is 2.88. The summed E-state index contributed by atoms with van der Waals surface area (Å²) in [6.07, 6.45) is 0. The van der Waals surface area contributed by atoms with Crippen LogP contribution >= 0.6 is 11.6 Å². The zero-order valence-electron chi connectivity index (χ0n) is 14.3. The first-order valence-electron chi connectivity index (χ1n) is 8.13. The molecule has 2 aromatic carbocycles. The largest absolute Gasteiger partial charge is 0.543 e. The number of carboxylic acid groups (broad SMARTS) is 1. The van der Waals surface area contributed by atoms with Crippen LogP contribution in [0.3, 0.4) is 0 Å². The molecule has 1 N–H and O–H groups in total. The van der Waals surface area contributed by atoms with Gasteiger partial charge in [-0.1, -0.05) is 41.9 Å². The van der Waals surface area contributed by atoms with Crippen LogP contribution in [0.1, 0.15) is 29.0 Å². The van der Waals surface area contributed by atoms with Crippen LogP contribution in [-0.4, -0.2) is 21.7 Å². The number of nitrogens with one attached hydrogen (secondary N) is 1. The maximum absolute atomic E-state index is 12.5. The van der Waals surface area contributed by atoms with Crippen molar-refractivity contribution in [2.75, 3.05) is 0 Å². The van der Waals surface area contributed by atoms with Gasteiger partial charge in [0.1, 0.15) is 12.2 Å². The maximum Gasteiger partial charge on any atom is 0.275 e. The molecule has 3 aromatic rings. The van der Waals surface area contributed by atoms with Crippen LogP contribution in [0.4, 0.5) is 0 Å². The predicted octanol–water partition coefficient (Wildman–Crippen LogP) is 1.29. The van der Waals surface area contributed by atoms with Crippen molar-refractivity contribution < 1.29 is 14.7 Å². The Bertz CT molecular complexity index is 1080. The summed E-state index contributed by atoms with van der Waals surface area (Å²) in [4.78, 5) is 36.2. The summed E-state index contributed by atoms with van der Waals surface area (Å²) in [5.74, 6) is -2.00. The van der Waals surface area contributed by atoms with E-state index in [0.29, 0.717) is 5.02 Å². The molecule has 1 amide bonds. The van der Waals surface area contributed by atoms with Crippen molar-refractivity contribution in [3.8, 4) is 0 Å². The van der Waals surface area contributed by atoms with Gasteiger partial charge in [-0.2, -0.15) is 5.10 Å². The molecule has 0 saturated carbocycles. The van der Waals surface area contributed by atoms with Gasteiger partial charge in [0.2, 0.25) is 5.91 Å². The van der Waals surface area contributed by atoms with E-state index >= 15 is 0 Å². The van der Waals surface area contributed by atoms with E-state index in [1.807, 2.05) is 0 Å². The SMILES string of the molecule is C[C@@H](NC(=O)Cn1nc(C(=O)[O-])c2ccccc2c1=O)c1ccc(Cl)cc1. The highest BCUT2D eigenvalue weighted by molar-refractivity contribution is 6.30. The smallest absolute Gasteiger partial charge is 0.275 e. The van der Waals surface area contributed by atoms with Gasteiger partial charge in [-0.15, -0.1) is 0 Å². The van der Waals surface area contributed by atoms with Crippen LogP contribution in [0.15, 0.2) is 53.3 Å². The number of halogens is 1. The lowest BCUT2D eigenvalue weighted by Gasteiger charge is -2.16. The number of carboxylic acids is 1. The van der Waals surface area contributed by atoms with E-state index in [1.165, 1.54) is 12.1 Å². The number of benzene rings is 2. The molecule has 0 aliphatic carbocycles. The quantitative estimate of drug-likeness (QED) is 0.713. The molecule has 27 heavy (non-hydrogen) atoms. The van der Waals surface area contributed by atoms with Gasteiger partial charge in [-0.3, -0.25) is 9.59 Å². The molecule has 1 aromatic heterocycles. The molecule has 7 nitrogen and oxygen atoms in total. The average Bonchev–Trinajstić information content (AvgIpc) is 2.64. The zero-order chi connectivity index (χ0) is 19.6. The first-order valence-corrected chi connectivity index (χ1v) is 8.50. The molecule has 1 heterocycles. The summed E-state index contributed by atoms with van der Waals surface area (Å²) in [5.41, 5.74) is -0.101. The van der Waals surface area contributed by atoms with E-state index in [2.05, 4.69) is 10.4 Å². The van der Waals surface area contributed by atoms with Crippen molar-refractivity contribution >= 4 is 34.2 Å². The lowest BCUT2D eigenvalue weighted by Crippen LogP contribution is -2.37. The van der Waals surface area contributed by atoms with Gasteiger partial charge in [0, 0.05) is 10.4 Å². The summed E-state index contributed by atoms with van der Waals surface area (Å²) in [6.45, 7) is 1.37. The molecule has 0 radical (unpaired) electrons.